The smallest absolute Gasteiger partial charge is 0.244 e. The van der Waals surface area contributed by atoms with Crippen molar-refractivity contribution in [2.24, 2.45) is 4.99 Å². The predicted molar refractivity (Wildman–Crippen MR) is 139 cm³/mol. The van der Waals surface area contributed by atoms with E-state index in [1.54, 1.807) is 18.6 Å². The normalized spacial score (nSPS) is 11.5. The summed E-state index contributed by atoms with van der Waals surface area (Å²) in [5, 5.41) is 3.96. The number of hydrogen-bond donors (Lipinski definition) is 2. The average Bonchev–Trinajstić information content (AvgIpc) is 2.90. The molecule has 0 fully saturated rings. The standard InChI is InChI=1S/C24H26N8O2S/c1-25-11-12-32(4)24-30-20-6-5-17(13-19(20)22(31-24)16-7-9-28-10-8-16)18-14-21(35(33,34)27-3)23(26-2)29-15-18/h5-10,13-15,25,27H,2,11-12H2,1,3-4H3. The van der Waals surface area contributed by atoms with Crippen molar-refractivity contribution in [1.82, 2.24) is 30.0 Å². The van der Waals surface area contributed by atoms with Gasteiger partial charge in [0.15, 0.2) is 5.82 Å². The van der Waals surface area contributed by atoms with Crippen LogP contribution in [-0.2, 0) is 10.0 Å². The molecule has 4 rings (SSSR count). The Balaban J connectivity index is 1.90. The minimum atomic E-state index is -3.78. The van der Waals surface area contributed by atoms with Crippen LogP contribution in [-0.4, -0.2) is 69.3 Å². The van der Waals surface area contributed by atoms with Crippen LogP contribution in [0.2, 0.25) is 0 Å². The Morgan fingerprint density at radius 2 is 1.80 bits per heavy atom. The molecule has 0 amide bonds. The maximum absolute atomic E-state index is 12.5. The molecule has 0 aliphatic rings. The van der Waals surface area contributed by atoms with Crippen molar-refractivity contribution in [3.05, 3.63) is 55.0 Å². The Bertz CT molecular complexity index is 1480. The number of nitrogens with one attached hydrogen (secondary N) is 2. The summed E-state index contributed by atoms with van der Waals surface area (Å²) in [6.07, 6.45) is 5.02. The molecule has 0 radical (unpaired) electrons. The highest BCUT2D eigenvalue weighted by Crippen LogP contribution is 2.33. The van der Waals surface area contributed by atoms with E-state index in [0.717, 1.165) is 40.8 Å². The fraction of sp³-hybridized carbons (Fsp3) is 0.208. The maximum Gasteiger partial charge on any atom is 0.244 e. The van der Waals surface area contributed by atoms with Crippen LogP contribution in [0.4, 0.5) is 11.8 Å². The molecule has 2 N–H and O–H groups in total. The van der Waals surface area contributed by atoms with Gasteiger partial charge in [-0.25, -0.2) is 33.1 Å². The predicted octanol–water partition coefficient (Wildman–Crippen LogP) is 2.65. The van der Waals surface area contributed by atoms with Gasteiger partial charge in [0.05, 0.1) is 11.2 Å². The van der Waals surface area contributed by atoms with Crippen molar-refractivity contribution < 1.29 is 8.42 Å². The van der Waals surface area contributed by atoms with Crippen molar-refractivity contribution in [2.45, 2.75) is 4.90 Å². The van der Waals surface area contributed by atoms with Gasteiger partial charge in [-0.2, -0.15) is 0 Å². The molecular weight excluding hydrogens is 464 g/mol. The molecule has 1 aromatic carbocycles. The van der Waals surface area contributed by atoms with E-state index in [0.29, 0.717) is 11.5 Å². The van der Waals surface area contributed by atoms with Gasteiger partial charge in [-0.15, -0.1) is 0 Å². The number of fused-ring (bicyclic) bond motifs is 1. The number of nitrogens with zero attached hydrogens (tertiary/aromatic N) is 6. The summed E-state index contributed by atoms with van der Waals surface area (Å²) in [7, 11) is 1.42. The average molecular weight is 491 g/mol. The third-order valence-electron chi connectivity index (χ3n) is 5.55. The van der Waals surface area contributed by atoms with Gasteiger partial charge >= 0.3 is 0 Å². The highest BCUT2D eigenvalue weighted by atomic mass is 32.2. The molecule has 0 bridgehead atoms. The van der Waals surface area contributed by atoms with E-state index < -0.39 is 10.0 Å². The zero-order valence-electron chi connectivity index (χ0n) is 19.7. The lowest BCUT2D eigenvalue weighted by molar-refractivity contribution is 0.588. The Morgan fingerprint density at radius 1 is 1.03 bits per heavy atom. The molecule has 0 aliphatic heterocycles. The topological polar surface area (TPSA) is 125 Å². The molecular formula is C24H26N8O2S. The van der Waals surface area contributed by atoms with Crippen molar-refractivity contribution in [2.75, 3.05) is 39.1 Å². The molecule has 0 unspecified atom stereocenters. The second-order valence-corrected chi connectivity index (χ2v) is 9.63. The summed E-state index contributed by atoms with van der Waals surface area (Å²) in [6.45, 7) is 4.97. The zero-order valence-corrected chi connectivity index (χ0v) is 20.5. The highest BCUT2D eigenvalue weighted by molar-refractivity contribution is 7.89. The second kappa shape index (κ2) is 10.2. The number of benzene rings is 1. The van der Waals surface area contributed by atoms with E-state index in [-0.39, 0.29) is 10.7 Å². The molecule has 3 heterocycles. The third-order valence-corrected chi connectivity index (χ3v) is 6.97. The molecule has 0 atom stereocenters. The van der Waals surface area contributed by atoms with Gasteiger partial charge in [-0.05, 0) is 56.7 Å². The summed E-state index contributed by atoms with van der Waals surface area (Å²) >= 11 is 0. The fourth-order valence-corrected chi connectivity index (χ4v) is 4.46. The van der Waals surface area contributed by atoms with Gasteiger partial charge < -0.3 is 10.2 Å². The summed E-state index contributed by atoms with van der Waals surface area (Å²) in [5.41, 5.74) is 3.80. The van der Waals surface area contributed by atoms with Gasteiger partial charge in [0.1, 0.15) is 4.90 Å². The molecule has 3 aromatic heterocycles. The number of aliphatic imine (C=N–C) groups is 1. The lowest BCUT2D eigenvalue weighted by Crippen LogP contribution is -2.28. The summed E-state index contributed by atoms with van der Waals surface area (Å²) in [5.74, 6) is 0.650. The fourth-order valence-electron chi connectivity index (χ4n) is 3.60. The molecule has 0 spiro atoms. The monoisotopic (exact) mass is 490 g/mol. The molecule has 35 heavy (non-hydrogen) atoms. The summed E-state index contributed by atoms with van der Waals surface area (Å²) in [6, 6.07) is 11.1. The van der Waals surface area contributed by atoms with Gasteiger partial charge in [0.2, 0.25) is 16.0 Å². The second-order valence-electron chi connectivity index (χ2n) is 7.78. The van der Waals surface area contributed by atoms with E-state index in [1.807, 2.05) is 49.3 Å². The molecule has 10 nitrogen and oxygen atoms in total. The van der Waals surface area contributed by atoms with Gasteiger partial charge in [-0.1, -0.05) is 6.07 Å². The summed E-state index contributed by atoms with van der Waals surface area (Å²) in [4.78, 5) is 23.7. The number of anilines is 1. The van der Waals surface area contributed by atoms with Gasteiger partial charge in [0.25, 0.3) is 0 Å². The maximum atomic E-state index is 12.5. The van der Waals surface area contributed by atoms with Crippen molar-refractivity contribution in [3.63, 3.8) is 0 Å². The van der Waals surface area contributed by atoms with E-state index >= 15 is 0 Å². The number of likely N-dealkylation sites (N-methyl/N-ethyl adjacent to an activating group) is 2. The Kier molecular flexibility index (Phi) is 7.10. The van der Waals surface area contributed by atoms with Crippen LogP contribution in [0.5, 0.6) is 0 Å². The lowest BCUT2D eigenvalue weighted by atomic mass is 10.0. The van der Waals surface area contributed by atoms with Gasteiger partial charge in [0, 0.05) is 55.2 Å². The van der Waals surface area contributed by atoms with Crippen LogP contribution < -0.4 is 14.9 Å². The van der Waals surface area contributed by atoms with Gasteiger partial charge in [-0.3, -0.25) is 4.98 Å². The minimum Gasteiger partial charge on any atom is -0.343 e. The number of sulfonamides is 1. The number of hydrogen-bond acceptors (Lipinski definition) is 9. The first-order valence-corrected chi connectivity index (χ1v) is 12.3. The van der Waals surface area contributed by atoms with Crippen molar-refractivity contribution >= 4 is 39.4 Å². The van der Waals surface area contributed by atoms with Crippen molar-refractivity contribution in [1.29, 1.82) is 0 Å². The minimum absolute atomic E-state index is 0.0407. The Morgan fingerprint density at radius 3 is 2.49 bits per heavy atom. The van der Waals surface area contributed by atoms with Crippen LogP contribution in [0.1, 0.15) is 0 Å². The first kappa shape index (κ1) is 24.3. The first-order valence-electron chi connectivity index (χ1n) is 10.9. The molecule has 4 aromatic rings. The number of rotatable bonds is 9. The van der Waals surface area contributed by atoms with Crippen molar-refractivity contribution in [3.8, 4) is 22.4 Å². The molecule has 0 saturated heterocycles. The molecule has 0 saturated carbocycles. The van der Waals surface area contributed by atoms with Crippen LogP contribution in [0.15, 0.2) is 64.9 Å². The quantitative estimate of drug-likeness (QED) is 0.343. The zero-order chi connectivity index (χ0) is 25.0. The third kappa shape index (κ3) is 5.02. The molecule has 0 aliphatic carbocycles. The molecule has 180 valence electrons. The highest BCUT2D eigenvalue weighted by Gasteiger charge is 2.19. The van der Waals surface area contributed by atoms with Crippen LogP contribution in [0, 0.1) is 0 Å². The Labute approximate surface area is 204 Å². The SMILES string of the molecule is C=Nc1ncc(-c2ccc3nc(N(C)CCNC)nc(-c4ccncc4)c3c2)cc1S(=O)(=O)NC. The van der Waals surface area contributed by atoms with E-state index in [2.05, 4.69) is 31.7 Å². The summed E-state index contributed by atoms with van der Waals surface area (Å²) < 4.78 is 27.3. The van der Waals surface area contributed by atoms with Crippen LogP contribution in [0.25, 0.3) is 33.3 Å². The number of pyridine rings is 2. The first-order chi connectivity index (χ1) is 16.9. The largest absolute Gasteiger partial charge is 0.343 e. The number of aromatic nitrogens is 4. The van der Waals surface area contributed by atoms with E-state index in [1.165, 1.54) is 13.1 Å². The van der Waals surface area contributed by atoms with Crippen LogP contribution in [0.3, 0.4) is 0 Å². The van der Waals surface area contributed by atoms with E-state index in [9.17, 15) is 8.42 Å². The van der Waals surface area contributed by atoms with E-state index in [4.69, 9.17) is 9.97 Å². The lowest BCUT2D eigenvalue weighted by Gasteiger charge is -2.19. The van der Waals surface area contributed by atoms with Crippen LogP contribution >= 0.6 is 0 Å². The Hall–Kier alpha value is -3.80. The molecule has 11 heteroatoms.